The maximum Gasteiger partial charge on any atom is 0.220 e. The van der Waals surface area contributed by atoms with Gasteiger partial charge in [-0.05, 0) is 18.4 Å². The molecular formula is C12H15NO3. The van der Waals surface area contributed by atoms with Gasteiger partial charge in [-0.3, -0.25) is 10.1 Å². The van der Waals surface area contributed by atoms with Crippen molar-refractivity contribution < 1.29 is 10.0 Å². The summed E-state index contributed by atoms with van der Waals surface area (Å²) in [5.41, 5.74) is 0.961. The molecule has 0 aliphatic heterocycles. The average Bonchev–Trinajstić information content (AvgIpc) is 2.29. The Balaban J connectivity index is 2.24. The van der Waals surface area contributed by atoms with Gasteiger partial charge in [0.15, 0.2) is 0 Å². The van der Waals surface area contributed by atoms with Gasteiger partial charge in [0.25, 0.3) is 0 Å². The zero-order valence-corrected chi connectivity index (χ0v) is 8.95. The van der Waals surface area contributed by atoms with E-state index in [1.54, 1.807) is 0 Å². The van der Waals surface area contributed by atoms with Crippen LogP contribution in [0.4, 0.5) is 0 Å². The van der Waals surface area contributed by atoms with Crippen LogP contribution < -0.4 is 0 Å². The zero-order chi connectivity index (χ0) is 11.5. The second kappa shape index (κ2) is 4.61. The summed E-state index contributed by atoms with van der Waals surface area (Å²) in [7, 11) is 0. The van der Waals surface area contributed by atoms with Crippen LogP contribution in [0.25, 0.3) is 0 Å². The third-order valence-corrected chi connectivity index (χ3v) is 3.28. The van der Waals surface area contributed by atoms with Crippen LogP contribution >= 0.6 is 0 Å². The molecule has 4 nitrogen and oxygen atoms in total. The van der Waals surface area contributed by atoms with Crippen molar-refractivity contribution in [2.45, 2.75) is 37.3 Å². The lowest BCUT2D eigenvalue weighted by atomic mass is 9.79. The zero-order valence-electron chi connectivity index (χ0n) is 8.95. The van der Waals surface area contributed by atoms with E-state index in [1.807, 2.05) is 30.3 Å². The quantitative estimate of drug-likeness (QED) is 0.613. The topological polar surface area (TPSA) is 63.4 Å². The molecule has 1 fully saturated rings. The van der Waals surface area contributed by atoms with E-state index in [0.717, 1.165) is 5.56 Å². The van der Waals surface area contributed by atoms with E-state index in [1.165, 1.54) is 0 Å². The highest BCUT2D eigenvalue weighted by atomic mass is 16.6. The second-order valence-electron chi connectivity index (χ2n) is 4.34. The maximum absolute atomic E-state index is 11.0. The molecule has 0 bridgehead atoms. The fraction of sp³-hybridized carbons (Fsp3) is 0.500. The molecule has 86 valence electrons. The number of hydrogen-bond acceptors (Lipinski definition) is 3. The van der Waals surface area contributed by atoms with Gasteiger partial charge >= 0.3 is 0 Å². The molecule has 1 aliphatic carbocycles. The third kappa shape index (κ3) is 2.22. The van der Waals surface area contributed by atoms with Crippen LogP contribution in [0.5, 0.6) is 0 Å². The van der Waals surface area contributed by atoms with Gasteiger partial charge in [-0.2, -0.15) is 0 Å². The first-order valence-corrected chi connectivity index (χ1v) is 5.55. The third-order valence-electron chi connectivity index (χ3n) is 3.28. The van der Waals surface area contributed by atoms with Crippen LogP contribution in [0.1, 0.15) is 30.7 Å². The Hall–Kier alpha value is -1.42. The first kappa shape index (κ1) is 11.1. The number of rotatable bonds is 2. The van der Waals surface area contributed by atoms with Crippen LogP contribution in [0.2, 0.25) is 0 Å². The van der Waals surface area contributed by atoms with Gasteiger partial charge in [0.2, 0.25) is 6.04 Å². The summed E-state index contributed by atoms with van der Waals surface area (Å²) in [6.07, 6.45) is 1.10. The Morgan fingerprint density at radius 2 is 1.94 bits per heavy atom. The molecule has 3 atom stereocenters. The molecule has 1 N–H and O–H groups in total. The summed E-state index contributed by atoms with van der Waals surface area (Å²) in [4.78, 5) is 10.8. The lowest BCUT2D eigenvalue weighted by molar-refractivity contribution is -0.531. The molecule has 1 saturated carbocycles. The molecule has 1 unspecified atom stereocenters. The largest absolute Gasteiger partial charge is 0.393 e. The molecule has 1 aromatic rings. The van der Waals surface area contributed by atoms with Crippen LogP contribution in [0.15, 0.2) is 30.3 Å². The van der Waals surface area contributed by atoms with Gasteiger partial charge in [0.1, 0.15) is 0 Å². The molecular weight excluding hydrogens is 206 g/mol. The molecule has 0 amide bonds. The van der Waals surface area contributed by atoms with Gasteiger partial charge in [0.05, 0.1) is 12.0 Å². The lowest BCUT2D eigenvalue weighted by Crippen LogP contribution is -2.35. The number of hydrogen-bond donors (Lipinski definition) is 1. The van der Waals surface area contributed by atoms with E-state index in [-0.39, 0.29) is 10.8 Å². The summed E-state index contributed by atoms with van der Waals surface area (Å²) in [5.74, 6) is -0.153. The van der Waals surface area contributed by atoms with E-state index in [4.69, 9.17) is 0 Å². The number of aliphatic hydroxyl groups excluding tert-OH is 1. The van der Waals surface area contributed by atoms with Gasteiger partial charge in [-0.25, -0.2) is 0 Å². The predicted octanol–water partition coefficient (Wildman–Crippen LogP) is 1.96. The minimum Gasteiger partial charge on any atom is -0.393 e. The monoisotopic (exact) mass is 221 g/mol. The Kier molecular flexibility index (Phi) is 3.19. The summed E-state index contributed by atoms with van der Waals surface area (Å²) in [6, 6.07) is 8.91. The van der Waals surface area contributed by atoms with Gasteiger partial charge in [-0.15, -0.1) is 0 Å². The average molecular weight is 221 g/mol. The molecule has 0 radical (unpaired) electrons. The van der Waals surface area contributed by atoms with Crippen molar-refractivity contribution in [1.29, 1.82) is 0 Å². The molecule has 1 aliphatic rings. The number of benzene rings is 1. The van der Waals surface area contributed by atoms with Crippen molar-refractivity contribution in [2.24, 2.45) is 0 Å². The molecule has 0 saturated heterocycles. The van der Waals surface area contributed by atoms with Crippen molar-refractivity contribution in [3.63, 3.8) is 0 Å². The molecule has 4 heteroatoms. The van der Waals surface area contributed by atoms with E-state index < -0.39 is 12.1 Å². The fourth-order valence-corrected chi connectivity index (χ4v) is 2.44. The standard InChI is InChI=1S/C12H15NO3/c14-10-6-7-12(13(15)16)11(8-10)9-4-2-1-3-5-9/h1-5,10-12,14H,6-8H2/t10?,11-,12+/m0/s1. The number of aliphatic hydroxyl groups is 1. The molecule has 0 aromatic heterocycles. The lowest BCUT2D eigenvalue weighted by Gasteiger charge is -2.28. The van der Waals surface area contributed by atoms with E-state index in [9.17, 15) is 15.2 Å². The highest BCUT2D eigenvalue weighted by Gasteiger charge is 2.38. The Morgan fingerprint density at radius 1 is 1.25 bits per heavy atom. The van der Waals surface area contributed by atoms with Crippen LogP contribution in [-0.4, -0.2) is 22.2 Å². The Bertz CT molecular complexity index is 366. The molecule has 16 heavy (non-hydrogen) atoms. The van der Waals surface area contributed by atoms with Crippen LogP contribution in [0.3, 0.4) is 0 Å². The minimum absolute atomic E-state index is 0.153. The molecule has 0 heterocycles. The Labute approximate surface area is 94.1 Å². The fourth-order valence-electron chi connectivity index (χ4n) is 2.44. The van der Waals surface area contributed by atoms with Crippen molar-refractivity contribution in [1.82, 2.24) is 0 Å². The smallest absolute Gasteiger partial charge is 0.220 e. The second-order valence-corrected chi connectivity index (χ2v) is 4.34. The van der Waals surface area contributed by atoms with Gasteiger partial charge in [-0.1, -0.05) is 30.3 Å². The SMILES string of the molecule is O=[N+]([O-])[C@@H]1CCC(O)C[C@H]1c1ccccc1. The number of nitro groups is 1. The Morgan fingerprint density at radius 3 is 2.56 bits per heavy atom. The van der Waals surface area contributed by atoms with Crippen LogP contribution in [0, 0.1) is 10.1 Å². The first-order valence-electron chi connectivity index (χ1n) is 5.55. The highest BCUT2D eigenvalue weighted by Crippen LogP contribution is 2.34. The molecule has 0 spiro atoms. The predicted molar refractivity (Wildman–Crippen MR) is 59.8 cm³/mol. The highest BCUT2D eigenvalue weighted by molar-refractivity contribution is 5.21. The maximum atomic E-state index is 11.0. The van der Waals surface area contributed by atoms with Crippen molar-refractivity contribution in [3.8, 4) is 0 Å². The normalized spacial score (nSPS) is 29.9. The first-order chi connectivity index (χ1) is 7.68. The van der Waals surface area contributed by atoms with Crippen molar-refractivity contribution >= 4 is 0 Å². The van der Waals surface area contributed by atoms with Crippen molar-refractivity contribution in [2.75, 3.05) is 0 Å². The van der Waals surface area contributed by atoms with E-state index in [0.29, 0.717) is 19.3 Å². The number of nitrogens with zero attached hydrogens (tertiary/aromatic N) is 1. The van der Waals surface area contributed by atoms with E-state index in [2.05, 4.69) is 0 Å². The summed E-state index contributed by atoms with van der Waals surface area (Å²) >= 11 is 0. The van der Waals surface area contributed by atoms with Gasteiger partial charge in [0, 0.05) is 11.3 Å². The molecule has 1 aromatic carbocycles. The summed E-state index contributed by atoms with van der Waals surface area (Å²) < 4.78 is 0. The van der Waals surface area contributed by atoms with Gasteiger partial charge < -0.3 is 5.11 Å². The van der Waals surface area contributed by atoms with Crippen LogP contribution in [-0.2, 0) is 0 Å². The van der Waals surface area contributed by atoms with E-state index >= 15 is 0 Å². The summed E-state index contributed by atoms with van der Waals surface area (Å²) in [5, 5.41) is 20.6. The minimum atomic E-state index is -0.550. The summed E-state index contributed by atoms with van der Waals surface area (Å²) in [6.45, 7) is 0. The molecule has 2 rings (SSSR count). The van der Waals surface area contributed by atoms with Crippen molar-refractivity contribution in [3.05, 3.63) is 46.0 Å².